The molecule has 0 heterocycles. The first kappa shape index (κ1) is 21.6. The van der Waals surface area contributed by atoms with Gasteiger partial charge in [-0.15, -0.1) is 0 Å². The molecule has 2 rings (SSSR count). The van der Waals surface area contributed by atoms with Gasteiger partial charge in [0.25, 0.3) is 5.91 Å². The minimum absolute atomic E-state index is 0.127. The highest BCUT2D eigenvalue weighted by atomic mass is 79.9. The molecule has 2 aromatic carbocycles. The molecule has 2 aromatic rings. The Balaban J connectivity index is 1.66. The molecule has 0 saturated carbocycles. The highest BCUT2D eigenvalue weighted by Crippen LogP contribution is 2.21. The summed E-state index contributed by atoms with van der Waals surface area (Å²) in [4.78, 5) is 23.8. The van der Waals surface area contributed by atoms with Crippen molar-refractivity contribution in [3.05, 3.63) is 64.1 Å². The molecule has 0 aromatic heterocycles. The van der Waals surface area contributed by atoms with Gasteiger partial charge in [-0.2, -0.15) is 5.10 Å². The lowest BCUT2D eigenvalue weighted by Gasteiger charge is -2.08. The van der Waals surface area contributed by atoms with Crippen LogP contribution in [0.2, 0.25) is 0 Å². The second-order valence-electron chi connectivity index (χ2n) is 6.34. The Morgan fingerprint density at radius 3 is 2.57 bits per heavy atom. The first-order valence-electron chi connectivity index (χ1n) is 8.95. The summed E-state index contributed by atoms with van der Waals surface area (Å²) < 4.78 is 6.41. The second kappa shape index (κ2) is 11.2. The number of rotatable bonds is 9. The third-order valence-corrected chi connectivity index (χ3v) is 4.76. The third-order valence-electron chi connectivity index (χ3n) is 3.87. The molecule has 0 spiro atoms. The molecule has 2 amide bonds. The Morgan fingerprint density at radius 2 is 1.86 bits per heavy atom. The van der Waals surface area contributed by atoms with E-state index in [-0.39, 0.29) is 24.8 Å². The lowest BCUT2D eigenvalue weighted by molar-refractivity contribution is -0.123. The van der Waals surface area contributed by atoms with Crippen LogP contribution in [0.15, 0.2) is 58.1 Å². The average Bonchev–Trinajstić information content (AvgIpc) is 2.68. The van der Waals surface area contributed by atoms with Crippen molar-refractivity contribution in [1.82, 2.24) is 10.7 Å². The Hall–Kier alpha value is -2.67. The van der Waals surface area contributed by atoms with Crippen LogP contribution in [0.4, 0.5) is 0 Å². The van der Waals surface area contributed by atoms with Gasteiger partial charge >= 0.3 is 0 Å². The first-order valence-corrected chi connectivity index (χ1v) is 9.75. The first-order chi connectivity index (χ1) is 13.4. The Morgan fingerprint density at radius 1 is 1.11 bits per heavy atom. The summed E-state index contributed by atoms with van der Waals surface area (Å²) in [7, 11) is 0. The van der Waals surface area contributed by atoms with Gasteiger partial charge in [0.05, 0.1) is 6.42 Å². The van der Waals surface area contributed by atoms with Crippen LogP contribution < -0.4 is 15.5 Å². The van der Waals surface area contributed by atoms with Crippen LogP contribution in [0.5, 0.6) is 5.75 Å². The van der Waals surface area contributed by atoms with E-state index in [1.54, 1.807) is 13.0 Å². The standard InChI is InChI=1S/C21H24BrN3O3/c1-15-12-18(8-9-19(15)22)28-14-21(27)25-24-16(2)13-20(26)23-11-10-17-6-4-3-5-7-17/h3-9,12H,10-11,13-14H2,1-2H3,(H,23,26)(H,25,27)/b24-16-. The maximum atomic E-state index is 11.9. The van der Waals surface area contributed by atoms with Gasteiger partial charge in [-0.25, -0.2) is 5.43 Å². The topological polar surface area (TPSA) is 79.8 Å². The third kappa shape index (κ3) is 7.92. The van der Waals surface area contributed by atoms with E-state index in [4.69, 9.17) is 4.74 Å². The number of ether oxygens (including phenoxy) is 1. The fraction of sp³-hybridized carbons (Fsp3) is 0.286. The molecule has 0 unspecified atom stereocenters. The normalized spacial score (nSPS) is 11.0. The highest BCUT2D eigenvalue weighted by molar-refractivity contribution is 9.10. The van der Waals surface area contributed by atoms with Crippen LogP contribution in [0.1, 0.15) is 24.5 Å². The Kier molecular flexibility index (Phi) is 8.68. The van der Waals surface area contributed by atoms with Gasteiger partial charge in [-0.05, 0) is 49.6 Å². The predicted molar refractivity (Wildman–Crippen MR) is 113 cm³/mol. The summed E-state index contributed by atoms with van der Waals surface area (Å²) in [6.45, 7) is 4.04. The second-order valence-corrected chi connectivity index (χ2v) is 7.20. The minimum atomic E-state index is -0.385. The van der Waals surface area contributed by atoms with Gasteiger partial charge < -0.3 is 10.1 Å². The van der Waals surface area contributed by atoms with Crippen molar-refractivity contribution < 1.29 is 14.3 Å². The zero-order chi connectivity index (χ0) is 20.4. The SMILES string of the molecule is C/C(CC(=O)NCCc1ccccc1)=N/NC(=O)COc1ccc(Br)c(C)c1. The maximum Gasteiger partial charge on any atom is 0.277 e. The molecule has 2 N–H and O–H groups in total. The molecule has 7 heteroatoms. The molecule has 0 atom stereocenters. The van der Waals surface area contributed by atoms with E-state index in [0.29, 0.717) is 18.0 Å². The Labute approximate surface area is 173 Å². The van der Waals surface area contributed by atoms with Crippen LogP contribution in [0.25, 0.3) is 0 Å². The molecule has 0 aliphatic rings. The van der Waals surface area contributed by atoms with Crippen LogP contribution in [0.3, 0.4) is 0 Å². The van der Waals surface area contributed by atoms with E-state index in [1.807, 2.05) is 49.4 Å². The van der Waals surface area contributed by atoms with Gasteiger partial charge in [0, 0.05) is 16.7 Å². The number of hydrogen-bond donors (Lipinski definition) is 2. The van der Waals surface area contributed by atoms with Gasteiger partial charge in [-0.1, -0.05) is 46.3 Å². The molecule has 148 valence electrons. The number of amides is 2. The number of halogens is 1. The van der Waals surface area contributed by atoms with Crippen LogP contribution >= 0.6 is 15.9 Å². The van der Waals surface area contributed by atoms with Crippen LogP contribution in [-0.4, -0.2) is 30.7 Å². The van der Waals surface area contributed by atoms with E-state index in [1.165, 1.54) is 5.56 Å². The zero-order valence-corrected chi connectivity index (χ0v) is 17.6. The van der Waals surface area contributed by atoms with Crippen molar-refractivity contribution in [2.75, 3.05) is 13.2 Å². The molecule has 0 fully saturated rings. The van der Waals surface area contributed by atoms with E-state index in [0.717, 1.165) is 16.5 Å². The zero-order valence-electron chi connectivity index (χ0n) is 16.0. The molecule has 0 saturated heterocycles. The molecule has 0 radical (unpaired) electrons. The quantitative estimate of drug-likeness (QED) is 0.458. The molecular weight excluding hydrogens is 422 g/mol. The smallest absolute Gasteiger partial charge is 0.277 e. The highest BCUT2D eigenvalue weighted by Gasteiger charge is 2.06. The van der Waals surface area contributed by atoms with E-state index < -0.39 is 0 Å². The van der Waals surface area contributed by atoms with Crippen molar-refractivity contribution in [2.45, 2.75) is 26.7 Å². The average molecular weight is 446 g/mol. The molecule has 0 bridgehead atoms. The number of nitrogens with one attached hydrogen (secondary N) is 2. The molecule has 28 heavy (non-hydrogen) atoms. The van der Waals surface area contributed by atoms with E-state index in [2.05, 4.69) is 31.8 Å². The molecule has 0 aliphatic carbocycles. The lowest BCUT2D eigenvalue weighted by Crippen LogP contribution is -2.29. The van der Waals surface area contributed by atoms with Crippen molar-refractivity contribution >= 4 is 33.5 Å². The largest absolute Gasteiger partial charge is 0.484 e. The van der Waals surface area contributed by atoms with Crippen molar-refractivity contribution in [2.24, 2.45) is 5.10 Å². The fourth-order valence-corrected chi connectivity index (χ4v) is 2.62. The van der Waals surface area contributed by atoms with Gasteiger partial charge in [0.15, 0.2) is 6.61 Å². The number of hydrazone groups is 1. The monoisotopic (exact) mass is 445 g/mol. The maximum absolute atomic E-state index is 11.9. The number of carbonyl (C=O) groups is 2. The summed E-state index contributed by atoms with van der Waals surface area (Å²) in [6, 6.07) is 15.4. The summed E-state index contributed by atoms with van der Waals surface area (Å²) in [5.74, 6) is 0.0896. The molecule has 6 nitrogen and oxygen atoms in total. The number of hydrogen-bond acceptors (Lipinski definition) is 4. The van der Waals surface area contributed by atoms with E-state index >= 15 is 0 Å². The predicted octanol–water partition coefficient (Wildman–Crippen LogP) is 3.38. The summed E-state index contributed by atoms with van der Waals surface area (Å²) >= 11 is 3.41. The number of benzene rings is 2. The van der Waals surface area contributed by atoms with E-state index in [9.17, 15) is 9.59 Å². The van der Waals surface area contributed by atoms with Gasteiger partial charge in [0.1, 0.15) is 5.75 Å². The van der Waals surface area contributed by atoms with Gasteiger partial charge in [0.2, 0.25) is 5.91 Å². The molecule has 0 aliphatic heterocycles. The molecular formula is C21H24BrN3O3. The number of nitrogens with zero attached hydrogens (tertiary/aromatic N) is 1. The summed E-state index contributed by atoms with van der Waals surface area (Å²) in [5, 5.41) is 6.79. The summed E-state index contributed by atoms with van der Waals surface area (Å²) in [6.07, 6.45) is 0.897. The number of carbonyl (C=O) groups excluding carboxylic acids is 2. The Bertz CT molecular complexity index is 838. The number of aryl methyl sites for hydroxylation is 1. The lowest BCUT2D eigenvalue weighted by atomic mass is 10.1. The fourth-order valence-electron chi connectivity index (χ4n) is 2.37. The van der Waals surface area contributed by atoms with Crippen molar-refractivity contribution in [1.29, 1.82) is 0 Å². The van der Waals surface area contributed by atoms with Crippen molar-refractivity contribution in [3.63, 3.8) is 0 Å². The summed E-state index contributed by atoms with van der Waals surface area (Å²) in [5.41, 5.74) is 5.11. The van der Waals surface area contributed by atoms with Crippen LogP contribution in [0, 0.1) is 6.92 Å². The van der Waals surface area contributed by atoms with Gasteiger partial charge in [-0.3, -0.25) is 9.59 Å². The van der Waals surface area contributed by atoms with Crippen molar-refractivity contribution in [3.8, 4) is 5.75 Å². The van der Waals surface area contributed by atoms with Crippen LogP contribution in [-0.2, 0) is 16.0 Å². The minimum Gasteiger partial charge on any atom is -0.484 e.